The lowest BCUT2D eigenvalue weighted by Gasteiger charge is -2.21. The van der Waals surface area contributed by atoms with Crippen LogP contribution in [0.2, 0.25) is 0 Å². The van der Waals surface area contributed by atoms with Gasteiger partial charge in [0.2, 0.25) is 0 Å². The van der Waals surface area contributed by atoms with E-state index in [1.807, 2.05) is 13.0 Å². The molecule has 1 aromatic rings. The van der Waals surface area contributed by atoms with E-state index < -0.39 is 0 Å². The van der Waals surface area contributed by atoms with Crippen molar-refractivity contribution in [3.8, 4) is 0 Å². The summed E-state index contributed by atoms with van der Waals surface area (Å²) in [5.74, 6) is 0. The Kier molecular flexibility index (Phi) is 6.86. The number of benzene rings is 1. The Bertz CT molecular complexity index is 288. The van der Waals surface area contributed by atoms with Gasteiger partial charge in [0, 0.05) is 19.1 Å². The molecule has 0 aromatic heterocycles. The lowest BCUT2D eigenvalue weighted by molar-refractivity contribution is 0.187. The van der Waals surface area contributed by atoms with Crippen molar-refractivity contribution in [3.05, 3.63) is 35.9 Å². The summed E-state index contributed by atoms with van der Waals surface area (Å²) in [4.78, 5) is 2.28. The van der Waals surface area contributed by atoms with Crippen molar-refractivity contribution in [2.24, 2.45) is 5.73 Å². The predicted octanol–water partition coefficient (Wildman–Crippen LogP) is 1.61. The van der Waals surface area contributed by atoms with E-state index in [0.29, 0.717) is 0 Å². The lowest BCUT2D eigenvalue weighted by atomic mass is 10.1. The summed E-state index contributed by atoms with van der Waals surface area (Å²) in [6.45, 7) is 4.88. The van der Waals surface area contributed by atoms with E-state index in [1.54, 1.807) is 0 Å². The minimum absolute atomic E-state index is 0.213. The fourth-order valence-corrected chi connectivity index (χ4v) is 1.89. The number of hydrogen-bond acceptors (Lipinski definition) is 3. The van der Waals surface area contributed by atoms with Crippen molar-refractivity contribution < 1.29 is 5.11 Å². The number of aliphatic hydroxyl groups excluding tert-OH is 1. The number of nitrogens with two attached hydrogens (primary N) is 1. The molecule has 1 atom stereocenters. The summed E-state index contributed by atoms with van der Waals surface area (Å²) in [5, 5.41) is 9.06. The lowest BCUT2D eigenvalue weighted by Crippen LogP contribution is -2.28. The number of nitrogens with zero attached hydrogens (tertiary/aromatic N) is 1. The van der Waals surface area contributed by atoms with E-state index >= 15 is 0 Å². The zero-order chi connectivity index (χ0) is 12.5. The first kappa shape index (κ1) is 14.2. The van der Waals surface area contributed by atoms with Gasteiger partial charge in [-0.25, -0.2) is 0 Å². The van der Waals surface area contributed by atoms with Crippen molar-refractivity contribution >= 4 is 0 Å². The quantitative estimate of drug-likeness (QED) is 0.721. The maximum Gasteiger partial charge on any atom is 0.0558 e. The molecule has 0 radical (unpaired) electrons. The summed E-state index contributed by atoms with van der Waals surface area (Å²) < 4.78 is 0. The van der Waals surface area contributed by atoms with Gasteiger partial charge in [0.15, 0.2) is 0 Å². The standard InChI is InChI=1S/C14H24N2O/c1-13(15)6-5-9-16(10-11-17)12-14-7-3-2-4-8-14/h2-4,7-8,13,17H,5-6,9-12,15H2,1H3. The zero-order valence-corrected chi connectivity index (χ0v) is 10.7. The molecule has 1 aromatic carbocycles. The van der Waals surface area contributed by atoms with E-state index in [-0.39, 0.29) is 12.6 Å². The molecule has 0 spiro atoms. The van der Waals surface area contributed by atoms with Crippen LogP contribution in [0.3, 0.4) is 0 Å². The second-order valence-electron chi connectivity index (χ2n) is 4.60. The third-order valence-electron chi connectivity index (χ3n) is 2.80. The fraction of sp³-hybridized carbons (Fsp3) is 0.571. The monoisotopic (exact) mass is 236 g/mol. The molecule has 0 aliphatic carbocycles. The molecule has 1 unspecified atom stereocenters. The van der Waals surface area contributed by atoms with Crippen LogP contribution in [-0.2, 0) is 6.54 Å². The molecule has 0 aliphatic heterocycles. The molecule has 0 saturated heterocycles. The van der Waals surface area contributed by atoms with Gasteiger partial charge in [0.25, 0.3) is 0 Å². The van der Waals surface area contributed by atoms with Gasteiger partial charge in [-0.3, -0.25) is 4.90 Å². The maximum atomic E-state index is 9.06. The first-order chi connectivity index (χ1) is 8.22. The topological polar surface area (TPSA) is 49.5 Å². The van der Waals surface area contributed by atoms with E-state index in [1.165, 1.54) is 5.56 Å². The first-order valence-corrected chi connectivity index (χ1v) is 6.35. The van der Waals surface area contributed by atoms with Gasteiger partial charge in [-0.1, -0.05) is 30.3 Å². The van der Waals surface area contributed by atoms with Crippen LogP contribution in [0, 0.1) is 0 Å². The van der Waals surface area contributed by atoms with E-state index in [4.69, 9.17) is 10.8 Å². The molecule has 0 fully saturated rings. The molecule has 0 heterocycles. The normalized spacial score (nSPS) is 12.9. The summed E-state index contributed by atoms with van der Waals surface area (Å²) in [5.41, 5.74) is 7.03. The third kappa shape index (κ3) is 6.41. The molecule has 96 valence electrons. The molecular formula is C14H24N2O. The van der Waals surface area contributed by atoms with Crippen molar-refractivity contribution in [1.82, 2.24) is 4.90 Å². The van der Waals surface area contributed by atoms with Crippen molar-refractivity contribution in [2.45, 2.75) is 32.4 Å². The molecule has 1 rings (SSSR count). The molecule has 3 heteroatoms. The van der Waals surface area contributed by atoms with Gasteiger partial charge in [-0.15, -0.1) is 0 Å². The Balaban J connectivity index is 2.37. The fourth-order valence-electron chi connectivity index (χ4n) is 1.89. The van der Waals surface area contributed by atoms with Gasteiger partial charge in [0.05, 0.1) is 6.61 Å². The Hall–Kier alpha value is -0.900. The Morgan fingerprint density at radius 3 is 2.53 bits per heavy atom. The molecule has 0 bridgehead atoms. The van der Waals surface area contributed by atoms with Gasteiger partial charge in [0.1, 0.15) is 0 Å². The van der Waals surface area contributed by atoms with Crippen LogP contribution < -0.4 is 5.73 Å². The van der Waals surface area contributed by atoms with Crippen LogP contribution in [0.4, 0.5) is 0 Å². The predicted molar refractivity (Wildman–Crippen MR) is 71.7 cm³/mol. The first-order valence-electron chi connectivity index (χ1n) is 6.35. The number of rotatable bonds is 8. The highest BCUT2D eigenvalue weighted by Crippen LogP contribution is 2.06. The molecule has 3 N–H and O–H groups in total. The molecule has 17 heavy (non-hydrogen) atoms. The third-order valence-corrected chi connectivity index (χ3v) is 2.80. The number of aliphatic hydroxyl groups is 1. The van der Waals surface area contributed by atoms with E-state index in [9.17, 15) is 0 Å². The molecule has 0 saturated carbocycles. The minimum Gasteiger partial charge on any atom is -0.395 e. The molecule has 3 nitrogen and oxygen atoms in total. The average molecular weight is 236 g/mol. The SMILES string of the molecule is CC(N)CCCN(CCO)Cc1ccccc1. The van der Waals surface area contributed by atoms with Crippen LogP contribution in [0.25, 0.3) is 0 Å². The van der Waals surface area contributed by atoms with Gasteiger partial charge in [-0.2, -0.15) is 0 Å². The van der Waals surface area contributed by atoms with E-state index in [0.717, 1.165) is 32.5 Å². The number of hydrogen-bond donors (Lipinski definition) is 2. The summed E-state index contributed by atoms with van der Waals surface area (Å²) in [7, 11) is 0. The summed E-state index contributed by atoms with van der Waals surface area (Å²) in [6.07, 6.45) is 2.13. The average Bonchev–Trinajstić information content (AvgIpc) is 2.30. The largest absolute Gasteiger partial charge is 0.395 e. The second kappa shape index (κ2) is 8.23. The maximum absolute atomic E-state index is 9.06. The van der Waals surface area contributed by atoms with Crippen LogP contribution >= 0.6 is 0 Å². The molecular weight excluding hydrogens is 212 g/mol. The van der Waals surface area contributed by atoms with Crippen molar-refractivity contribution in [1.29, 1.82) is 0 Å². The second-order valence-corrected chi connectivity index (χ2v) is 4.60. The zero-order valence-electron chi connectivity index (χ0n) is 10.7. The Morgan fingerprint density at radius 2 is 1.94 bits per heavy atom. The summed E-state index contributed by atoms with van der Waals surface area (Å²) in [6, 6.07) is 10.6. The van der Waals surface area contributed by atoms with Gasteiger partial charge < -0.3 is 10.8 Å². The summed E-state index contributed by atoms with van der Waals surface area (Å²) >= 11 is 0. The van der Waals surface area contributed by atoms with Crippen molar-refractivity contribution in [2.75, 3.05) is 19.7 Å². The molecule has 0 amide bonds. The van der Waals surface area contributed by atoms with Crippen molar-refractivity contribution in [3.63, 3.8) is 0 Å². The Labute approximate surface area is 104 Å². The smallest absolute Gasteiger partial charge is 0.0558 e. The Morgan fingerprint density at radius 1 is 1.24 bits per heavy atom. The van der Waals surface area contributed by atoms with E-state index in [2.05, 4.69) is 29.2 Å². The minimum atomic E-state index is 0.213. The molecule has 0 aliphatic rings. The van der Waals surface area contributed by atoms with Crippen LogP contribution in [0.5, 0.6) is 0 Å². The van der Waals surface area contributed by atoms with Gasteiger partial charge in [-0.05, 0) is 31.9 Å². The highest BCUT2D eigenvalue weighted by atomic mass is 16.3. The van der Waals surface area contributed by atoms with Crippen LogP contribution in [0.15, 0.2) is 30.3 Å². The van der Waals surface area contributed by atoms with Gasteiger partial charge >= 0.3 is 0 Å². The highest BCUT2D eigenvalue weighted by molar-refractivity contribution is 5.14. The highest BCUT2D eigenvalue weighted by Gasteiger charge is 2.05. The van der Waals surface area contributed by atoms with Crippen LogP contribution in [0.1, 0.15) is 25.3 Å². The van der Waals surface area contributed by atoms with Crippen LogP contribution in [-0.4, -0.2) is 35.7 Å².